The van der Waals surface area contributed by atoms with Crippen molar-refractivity contribution in [2.45, 2.75) is 6.92 Å². The molecule has 0 aliphatic carbocycles. The predicted octanol–water partition coefficient (Wildman–Crippen LogP) is 2.79. The molecule has 0 bridgehead atoms. The lowest BCUT2D eigenvalue weighted by molar-refractivity contribution is 0.0827. The lowest BCUT2D eigenvalue weighted by Gasteiger charge is -2.12. The van der Waals surface area contributed by atoms with E-state index < -0.39 is 0 Å². The second kappa shape index (κ2) is 5.43. The number of aromatic nitrogens is 2. The molecule has 1 N–H and O–H groups in total. The van der Waals surface area contributed by atoms with Gasteiger partial charge < -0.3 is 14.5 Å². The predicted molar refractivity (Wildman–Crippen MR) is 93.8 cm³/mol. The molecule has 0 saturated heterocycles. The van der Waals surface area contributed by atoms with Crippen LogP contribution in [0, 0.1) is 6.92 Å². The van der Waals surface area contributed by atoms with Gasteiger partial charge in [0.15, 0.2) is 0 Å². The molecule has 5 heteroatoms. The average Bonchev–Trinajstić information content (AvgIpc) is 2.92. The van der Waals surface area contributed by atoms with Crippen LogP contribution in [-0.4, -0.2) is 34.5 Å². The zero-order valence-corrected chi connectivity index (χ0v) is 13.7. The van der Waals surface area contributed by atoms with Gasteiger partial charge >= 0.3 is 0 Å². The summed E-state index contributed by atoms with van der Waals surface area (Å²) in [5.41, 5.74) is 3.94. The van der Waals surface area contributed by atoms with Gasteiger partial charge in [0, 0.05) is 51.0 Å². The maximum atomic E-state index is 12.3. The number of aryl methyl sites for hydroxylation is 2. The number of amides is 1. The second-order valence-electron chi connectivity index (χ2n) is 5.98. The van der Waals surface area contributed by atoms with Gasteiger partial charge in [-0.2, -0.15) is 0 Å². The van der Waals surface area contributed by atoms with Gasteiger partial charge in [-0.15, -0.1) is 0 Å². The van der Waals surface area contributed by atoms with E-state index in [4.69, 9.17) is 0 Å². The van der Waals surface area contributed by atoms with E-state index >= 15 is 0 Å². The Balaban J connectivity index is 0.00000208. The van der Waals surface area contributed by atoms with Crippen molar-refractivity contribution in [2.75, 3.05) is 14.1 Å². The fourth-order valence-electron chi connectivity index (χ4n) is 2.78. The molecule has 5 nitrogen and oxygen atoms in total. The number of hydrogen-bond donors (Lipinski definition) is 1. The number of carbonyl (C=O) groups excluding carboxylic acids is 1. The Morgan fingerprint density at radius 3 is 2.70 bits per heavy atom. The number of pyridine rings is 1. The first-order chi connectivity index (χ1) is 10.9. The lowest BCUT2D eigenvalue weighted by Crippen LogP contribution is -2.21. The van der Waals surface area contributed by atoms with Gasteiger partial charge in [-0.1, -0.05) is 12.1 Å². The maximum Gasteiger partial charge on any atom is 0.274 e. The quantitative estimate of drug-likeness (QED) is 0.791. The molecule has 0 unspecified atom stereocenters. The third-order valence-corrected chi connectivity index (χ3v) is 3.93. The minimum Gasteiger partial charge on any atom is -0.354 e. The fourth-order valence-corrected chi connectivity index (χ4v) is 2.78. The molecule has 120 valence electrons. The third kappa shape index (κ3) is 2.54. The molecule has 1 aromatic carbocycles. The summed E-state index contributed by atoms with van der Waals surface area (Å²) in [6.45, 7) is 1.93. The van der Waals surface area contributed by atoms with Crippen LogP contribution in [0.4, 0.5) is 0 Å². The molecule has 3 aromatic rings. The zero-order chi connectivity index (χ0) is 16.7. The van der Waals surface area contributed by atoms with Crippen LogP contribution in [0.2, 0.25) is 0 Å². The highest BCUT2D eigenvalue weighted by Crippen LogP contribution is 2.28. The van der Waals surface area contributed by atoms with E-state index in [1.807, 2.05) is 37.4 Å². The summed E-state index contributed by atoms with van der Waals surface area (Å²) in [5.74, 6) is -0.0434. The molecule has 0 spiro atoms. The van der Waals surface area contributed by atoms with E-state index in [0.29, 0.717) is 11.1 Å². The highest BCUT2D eigenvalue weighted by molar-refractivity contribution is 5.98. The number of carbonyl (C=O) groups is 1. The molecule has 2 heterocycles. The molecule has 0 radical (unpaired) electrons. The fraction of sp³-hybridized carbons (Fsp3) is 0.222. The Labute approximate surface area is 135 Å². The summed E-state index contributed by atoms with van der Waals surface area (Å²) >= 11 is 0. The third-order valence-electron chi connectivity index (χ3n) is 3.93. The smallest absolute Gasteiger partial charge is 0.274 e. The van der Waals surface area contributed by atoms with Crippen LogP contribution in [0.25, 0.3) is 22.0 Å². The normalized spacial score (nSPS) is 11.0. The molecular formula is C18H21N3O2. The number of benzene rings is 1. The van der Waals surface area contributed by atoms with Crippen LogP contribution < -0.4 is 5.56 Å². The Kier molecular flexibility index (Phi) is 3.56. The maximum absolute atomic E-state index is 12.3. The first kappa shape index (κ1) is 15.1. The number of H-pyrrole nitrogens is 1. The molecule has 1 amide bonds. The number of nitrogens with one attached hydrogen (secondary N) is 1. The van der Waals surface area contributed by atoms with Crippen molar-refractivity contribution in [3.8, 4) is 11.1 Å². The van der Waals surface area contributed by atoms with Crippen molar-refractivity contribution in [1.82, 2.24) is 14.5 Å². The summed E-state index contributed by atoms with van der Waals surface area (Å²) in [6, 6.07) is 9.44. The summed E-state index contributed by atoms with van der Waals surface area (Å²) in [6.07, 6.45) is 1.82. The van der Waals surface area contributed by atoms with Crippen LogP contribution in [0.1, 0.15) is 17.5 Å². The molecule has 0 saturated carbocycles. The van der Waals surface area contributed by atoms with E-state index in [-0.39, 0.29) is 12.9 Å². The van der Waals surface area contributed by atoms with Crippen LogP contribution in [0.15, 0.2) is 41.3 Å². The standard InChI is InChI=1S/C18H19N3O2.H2/c1-11-8-14-15(10-21(4)18(23)16(14)19-11)12-6-5-7-13(9-12)17(22)20(2)3;/h5-10,19H,1-4H3;1H. The van der Waals surface area contributed by atoms with Crippen molar-refractivity contribution in [3.63, 3.8) is 0 Å². The Hall–Kier alpha value is -2.82. The Bertz CT molecular complexity index is 970. The van der Waals surface area contributed by atoms with Crippen LogP contribution in [-0.2, 0) is 7.05 Å². The Morgan fingerprint density at radius 2 is 2.00 bits per heavy atom. The number of aromatic amines is 1. The summed E-state index contributed by atoms with van der Waals surface area (Å²) in [5, 5.41) is 0.875. The van der Waals surface area contributed by atoms with E-state index in [0.717, 1.165) is 22.2 Å². The van der Waals surface area contributed by atoms with Crippen molar-refractivity contribution >= 4 is 16.8 Å². The topological polar surface area (TPSA) is 58.1 Å². The van der Waals surface area contributed by atoms with E-state index in [2.05, 4.69) is 4.98 Å². The highest BCUT2D eigenvalue weighted by Gasteiger charge is 2.14. The molecule has 0 atom stereocenters. The SMILES string of the molecule is Cc1cc2c(-c3cccc(C(=O)N(C)C)c3)cn(C)c(=O)c2[nH]1.[HH]. The average molecular weight is 311 g/mol. The first-order valence-electron chi connectivity index (χ1n) is 7.39. The van der Waals surface area contributed by atoms with Gasteiger partial charge in [-0.05, 0) is 30.7 Å². The number of hydrogen-bond acceptors (Lipinski definition) is 2. The molecule has 0 aliphatic heterocycles. The van der Waals surface area contributed by atoms with Gasteiger partial charge in [-0.3, -0.25) is 9.59 Å². The van der Waals surface area contributed by atoms with Crippen molar-refractivity contribution in [3.05, 3.63) is 58.1 Å². The zero-order valence-electron chi connectivity index (χ0n) is 13.7. The first-order valence-corrected chi connectivity index (χ1v) is 7.39. The molecule has 23 heavy (non-hydrogen) atoms. The molecule has 3 rings (SSSR count). The van der Waals surface area contributed by atoms with Gasteiger partial charge in [0.25, 0.3) is 11.5 Å². The summed E-state index contributed by atoms with van der Waals surface area (Å²) in [4.78, 5) is 29.1. The molecule has 0 aliphatic rings. The minimum absolute atomic E-state index is 0. The van der Waals surface area contributed by atoms with Gasteiger partial charge in [0.1, 0.15) is 5.52 Å². The Morgan fingerprint density at radius 1 is 1.26 bits per heavy atom. The van der Waals surface area contributed by atoms with E-state index in [9.17, 15) is 9.59 Å². The molecular weight excluding hydrogens is 290 g/mol. The van der Waals surface area contributed by atoms with E-state index in [1.165, 1.54) is 0 Å². The lowest BCUT2D eigenvalue weighted by atomic mass is 10.0. The van der Waals surface area contributed by atoms with Crippen LogP contribution in [0.3, 0.4) is 0 Å². The second-order valence-corrected chi connectivity index (χ2v) is 5.98. The van der Waals surface area contributed by atoms with Crippen LogP contribution >= 0.6 is 0 Å². The monoisotopic (exact) mass is 311 g/mol. The number of nitrogens with zero attached hydrogens (tertiary/aromatic N) is 2. The molecule has 2 aromatic heterocycles. The van der Waals surface area contributed by atoms with Gasteiger partial charge in [-0.25, -0.2) is 0 Å². The van der Waals surface area contributed by atoms with Crippen LogP contribution in [0.5, 0.6) is 0 Å². The van der Waals surface area contributed by atoms with Crippen molar-refractivity contribution in [1.29, 1.82) is 0 Å². The number of rotatable bonds is 2. The van der Waals surface area contributed by atoms with Crippen molar-refractivity contribution in [2.24, 2.45) is 7.05 Å². The highest BCUT2D eigenvalue weighted by atomic mass is 16.2. The van der Waals surface area contributed by atoms with E-state index in [1.54, 1.807) is 36.7 Å². The number of fused-ring (bicyclic) bond motifs is 1. The van der Waals surface area contributed by atoms with Crippen molar-refractivity contribution < 1.29 is 6.22 Å². The molecule has 0 fully saturated rings. The minimum atomic E-state index is -0.0580. The van der Waals surface area contributed by atoms with Gasteiger partial charge in [0.05, 0.1) is 0 Å². The van der Waals surface area contributed by atoms with Gasteiger partial charge in [0.2, 0.25) is 0 Å². The summed E-state index contributed by atoms with van der Waals surface area (Å²) < 4.78 is 1.56. The summed E-state index contributed by atoms with van der Waals surface area (Å²) in [7, 11) is 5.19. The largest absolute Gasteiger partial charge is 0.354 e.